The van der Waals surface area contributed by atoms with Gasteiger partial charge >= 0.3 is 0 Å². The third-order valence-corrected chi connectivity index (χ3v) is 5.95. The molecule has 0 aliphatic rings. The number of para-hydroxylation sites is 1. The van der Waals surface area contributed by atoms with E-state index in [1.54, 1.807) is 30.5 Å². The highest BCUT2D eigenvalue weighted by Crippen LogP contribution is 2.29. The Morgan fingerprint density at radius 2 is 1.62 bits per heavy atom. The molecule has 4 aromatic rings. The van der Waals surface area contributed by atoms with Crippen LogP contribution < -0.4 is 10.0 Å². The molecule has 0 saturated heterocycles. The van der Waals surface area contributed by atoms with Gasteiger partial charge in [-0.2, -0.15) is 0 Å². The lowest BCUT2D eigenvalue weighted by molar-refractivity contribution is 0.0971. The third-order valence-electron chi connectivity index (χ3n) is 5.34. The number of carbonyl (C=O) groups is 1. The van der Waals surface area contributed by atoms with Crippen molar-refractivity contribution in [1.82, 2.24) is 4.98 Å². The van der Waals surface area contributed by atoms with Gasteiger partial charge in [0.15, 0.2) is 5.78 Å². The first-order valence-electron chi connectivity index (χ1n) is 10.4. The Bertz CT molecular complexity index is 1340. The molecule has 0 fully saturated rings. The van der Waals surface area contributed by atoms with Crippen molar-refractivity contribution in [3.8, 4) is 0 Å². The van der Waals surface area contributed by atoms with Crippen LogP contribution in [-0.4, -0.2) is 25.4 Å². The molecule has 4 rings (SSSR count). The van der Waals surface area contributed by atoms with E-state index in [0.29, 0.717) is 16.9 Å². The molecule has 1 unspecified atom stereocenters. The van der Waals surface area contributed by atoms with E-state index in [2.05, 4.69) is 28.0 Å². The molecule has 0 saturated carbocycles. The number of carbonyl (C=O) groups excluding carboxylic acids is 1. The van der Waals surface area contributed by atoms with E-state index in [4.69, 9.17) is 0 Å². The summed E-state index contributed by atoms with van der Waals surface area (Å²) in [7, 11) is -3.35. The standard InChI is InChI=1S/C25H25N3O3S/c1-3-17-10-7-11-21-22(16-26-23(17)21)25(29)24(18-8-5-4-6-9-18)27-19-12-14-20(15-13-19)28-32(2,30)31/h4-16,24,26-28H,3H2,1-2H3. The molecule has 0 bridgehead atoms. The number of aryl methyl sites for hydroxylation is 1. The average molecular weight is 448 g/mol. The van der Waals surface area contributed by atoms with Gasteiger partial charge in [-0.3, -0.25) is 9.52 Å². The van der Waals surface area contributed by atoms with Crippen LogP contribution in [0.15, 0.2) is 79.0 Å². The van der Waals surface area contributed by atoms with Crippen LogP contribution in [0.2, 0.25) is 0 Å². The van der Waals surface area contributed by atoms with Gasteiger partial charge in [-0.05, 0) is 41.8 Å². The lowest BCUT2D eigenvalue weighted by atomic mass is 9.96. The monoisotopic (exact) mass is 447 g/mol. The number of sulfonamides is 1. The summed E-state index contributed by atoms with van der Waals surface area (Å²) in [5.74, 6) is -0.0472. The Labute approximate surface area is 187 Å². The molecule has 164 valence electrons. The van der Waals surface area contributed by atoms with Gasteiger partial charge in [0.05, 0.1) is 6.26 Å². The van der Waals surface area contributed by atoms with E-state index in [0.717, 1.165) is 29.1 Å². The van der Waals surface area contributed by atoms with Crippen molar-refractivity contribution < 1.29 is 13.2 Å². The van der Waals surface area contributed by atoms with Gasteiger partial charge in [0.1, 0.15) is 6.04 Å². The first-order chi connectivity index (χ1) is 15.4. The quantitative estimate of drug-likeness (QED) is 0.326. The summed E-state index contributed by atoms with van der Waals surface area (Å²) >= 11 is 0. The molecular formula is C25H25N3O3S. The number of H-pyrrole nitrogens is 1. The van der Waals surface area contributed by atoms with E-state index in [-0.39, 0.29) is 5.78 Å². The summed E-state index contributed by atoms with van der Waals surface area (Å²) in [5.41, 5.74) is 4.80. The minimum Gasteiger partial charge on any atom is -0.371 e. The highest BCUT2D eigenvalue weighted by atomic mass is 32.2. The normalized spacial score (nSPS) is 12.4. The Hall–Kier alpha value is -3.58. The van der Waals surface area contributed by atoms with Crippen LogP contribution in [0.3, 0.4) is 0 Å². The van der Waals surface area contributed by atoms with Gasteiger partial charge in [-0.25, -0.2) is 8.42 Å². The number of benzene rings is 3. The van der Waals surface area contributed by atoms with Crippen molar-refractivity contribution in [1.29, 1.82) is 0 Å². The summed E-state index contributed by atoms with van der Waals surface area (Å²) in [5, 5.41) is 4.23. The Kier molecular flexibility index (Phi) is 6.01. The zero-order chi connectivity index (χ0) is 22.7. The lowest BCUT2D eigenvalue weighted by Gasteiger charge is -2.19. The Morgan fingerprint density at radius 1 is 0.938 bits per heavy atom. The van der Waals surface area contributed by atoms with Gasteiger partial charge in [0, 0.05) is 34.0 Å². The van der Waals surface area contributed by atoms with Gasteiger partial charge in [-0.15, -0.1) is 0 Å². The maximum atomic E-state index is 13.7. The lowest BCUT2D eigenvalue weighted by Crippen LogP contribution is -2.21. The number of aromatic amines is 1. The van der Waals surface area contributed by atoms with Crippen LogP contribution in [0.1, 0.15) is 34.5 Å². The topological polar surface area (TPSA) is 91.1 Å². The van der Waals surface area contributed by atoms with Crippen molar-refractivity contribution in [3.05, 3.63) is 95.7 Å². The fourth-order valence-electron chi connectivity index (χ4n) is 3.83. The fraction of sp³-hybridized carbons (Fsp3) is 0.160. The SMILES string of the molecule is CCc1cccc2c(C(=O)C(Nc3ccc(NS(C)(=O)=O)cc3)c3ccccc3)c[nH]c12. The molecule has 0 spiro atoms. The predicted molar refractivity (Wildman–Crippen MR) is 130 cm³/mol. The molecule has 1 heterocycles. The highest BCUT2D eigenvalue weighted by molar-refractivity contribution is 7.92. The highest BCUT2D eigenvalue weighted by Gasteiger charge is 2.25. The molecule has 0 aliphatic carbocycles. The van der Waals surface area contributed by atoms with Crippen molar-refractivity contribution in [2.75, 3.05) is 16.3 Å². The smallest absolute Gasteiger partial charge is 0.229 e. The number of anilines is 2. The molecule has 0 radical (unpaired) electrons. The number of hydrogen-bond donors (Lipinski definition) is 3. The van der Waals surface area contributed by atoms with Crippen LogP contribution >= 0.6 is 0 Å². The first-order valence-corrected chi connectivity index (χ1v) is 12.3. The number of fused-ring (bicyclic) bond motifs is 1. The van der Waals surface area contributed by atoms with Crippen molar-refractivity contribution in [3.63, 3.8) is 0 Å². The zero-order valence-electron chi connectivity index (χ0n) is 17.9. The maximum Gasteiger partial charge on any atom is 0.229 e. The van der Waals surface area contributed by atoms with Crippen LogP contribution in [0.4, 0.5) is 11.4 Å². The summed E-state index contributed by atoms with van der Waals surface area (Å²) < 4.78 is 25.3. The van der Waals surface area contributed by atoms with Gasteiger partial charge in [0.2, 0.25) is 10.0 Å². The fourth-order valence-corrected chi connectivity index (χ4v) is 4.40. The van der Waals surface area contributed by atoms with E-state index in [1.165, 1.54) is 5.56 Å². The van der Waals surface area contributed by atoms with E-state index >= 15 is 0 Å². The molecule has 3 N–H and O–H groups in total. The first kappa shape index (κ1) is 21.6. The number of hydrogen-bond acceptors (Lipinski definition) is 4. The van der Waals surface area contributed by atoms with Crippen LogP contribution in [0.5, 0.6) is 0 Å². The molecule has 0 amide bonds. The second-order valence-electron chi connectivity index (χ2n) is 7.70. The van der Waals surface area contributed by atoms with E-state index < -0.39 is 16.1 Å². The Morgan fingerprint density at radius 3 is 2.28 bits per heavy atom. The van der Waals surface area contributed by atoms with Crippen molar-refractivity contribution in [2.24, 2.45) is 0 Å². The Balaban J connectivity index is 1.69. The minimum absolute atomic E-state index is 0.0472. The summed E-state index contributed by atoms with van der Waals surface area (Å²) in [6, 6.07) is 21.8. The zero-order valence-corrected chi connectivity index (χ0v) is 18.7. The maximum absolute atomic E-state index is 13.7. The van der Waals surface area contributed by atoms with Gasteiger partial charge in [-0.1, -0.05) is 55.5 Å². The molecular weight excluding hydrogens is 422 g/mol. The third kappa shape index (κ3) is 4.68. The van der Waals surface area contributed by atoms with Crippen LogP contribution in [0.25, 0.3) is 10.9 Å². The minimum atomic E-state index is -3.35. The number of Topliss-reactive ketones (excluding diaryl/α,β-unsaturated/α-hetero) is 1. The average Bonchev–Trinajstić information content (AvgIpc) is 3.22. The van der Waals surface area contributed by atoms with Crippen molar-refractivity contribution >= 4 is 38.1 Å². The van der Waals surface area contributed by atoms with E-state index in [1.807, 2.05) is 42.5 Å². The molecule has 0 aliphatic heterocycles. The molecule has 32 heavy (non-hydrogen) atoms. The van der Waals surface area contributed by atoms with Crippen LogP contribution in [-0.2, 0) is 16.4 Å². The number of nitrogens with one attached hydrogen (secondary N) is 3. The number of rotatable bonds is 8. The predicted octanol–water partition coefficient (Wildman–Crippen LogP) is 5.14. The van der Waals surface area contributed by atoms with Crippen molar-refractivity contribution in [2.45, 2.75) is 19.4 Å². The number of aromatic nitrogens is 1. The molecule has 7 heteroatoms. The van der Waals surface area contributed by atoms with E-state index in [9.17, 15) is 13.2 Å². The van der Waals surface area contributed by atoms with Gasteiger partial charge < -0.3 is 10.3 Å². The summed E-state index contributed by atoms with van der Waals surface area (Å²) in [6.07, 6.45) is 3.76. The summed E-state index contributed by atoms with van der Waals surface area (Å²) in [4.78, 5) is 17.0. The van der Waals surface area contributed by atoms with Gasteiger partial charge in [0.25, 0.3) is 0 Å². The summed E-state index contributed by atoms with van der Waals surface area (Å²) in [6.45, 7) is 2.09. The van der Waals surface area contributed by atoms with Crippen LogP contribution in [0, 0.1) is 0 Å². The molecule has 6 nitrogen and oxygen atoms in total. The largest absolute Gasteiger partial charge is 0.371 e. The second kappa shape index (κ2) is 8.88. The number of ketones is 1. The molecule has 1 aromatic heterocycles. The second-order valence-corrected chi connectivity index (χ2v) is 9.45. The molecule has 1 atom stereocenters. The molecule has 3 aromatic carbocycles.